The van der Waals surface area contributed by atoms with Crippen molar-refractivity contribution in [3.8, 4) is 0 Å². The van der Waals surface area contributed by atoms with Crippen LogP contribution in [0.1, 0.15) is 64.7 Å². The summed E-state index contributed by atoms with van der Waals surface area (Å²) in [5, 5.41) is 9.21. The van der Waals surface area contributed by atoms with Crippen LogP contribution in [-0.2, 0) is 10.2 Å². The number of aliphatic hydroxyl groups is 1. The summed E-state index contributed by atoms with van der Waals surface area (Å²) in [5.74, 6) is 0. The van der Waals surface area contributed by atoms with Crippen molar-refractivity contribution in [2.45, 2.75) is 65.9 Å². The van der Waals surface area contributed by atoms with Gasteiger partial charge in [-0.2, -0.15) is 0 Å². The second-order valence-electron chi connectivity index (χ2n) is 8.52. The van der Waals surface area contributed by atoms with Crippen LogP contribution in [0.15, 0.2) is 18.2 Å². The predicted molar refractivity (Wildman–Crippen MR) is 103 cm³/mol. The smallest absolute Gasteiger partial charge is 0.414 e. The van der Waals surface area contributed by atoms with Crippen LogP contribution < -0.4 is 4.90 Å². The van der Waals surface area contributed by atoms with E-state index in [1.54, 1.807) is 4.90 Å². The van der Waals surface area contributed by atoms with E-state index in [9.17, 15) is 9.90 Å². The molecule has 0 bridgehead atoms. The molecule has 138 valence electrons. The quantitative estimate of drug-likeness (QED) is 0.836. The first kappa shape index (κ1) is 19.5. The Kier molecular flexibility index (Phi) is 5.33. The largest absolute Gasteiger partial charge is 0.443 e. The highest BCUT2D eigenvalue weighted by Gasteiger charge is 2.36. The van der Waals surface area contributed by atoms with E-state index in [0.29, 0.717) is 6.54 Å². The Morgan fingerprint density at radius 2 is 2.00 bits per heavy atom. The molecule has 0 saturated heterocycles. The zero-order valence-corrected chi connectivity index (χ0v) is 16.6. The first-order valence-corrected chi connectivity index (χ1v) is 8.90. The highest BCUT2D eigenvalue weighted by atomic mass is 16.6. The lowest BCUT2D eigenvalue weighted by molar-refractivity contribution is 0.0574. The number of carbonyl (C=O) groups is 1. The van der Waals surface area contributed by atoms with Gasteiger partial charge in [0.1, 0.15) is 5.60 Å². The van der Waals surface area contributed by atoms with E-state index in [-0.39, 0.29) is 18.1 Å². The Morgan fingerprint density at radius 3 is 2.56 bits per heavy atom. The molecule has 0 fully saturated rings. The summed E-state index contributed by atoms with van der Waals surface area (Å²) < 4.78 is 5.60. The average molecular weight is 345 g/mol. The van der Waals surface area contributed by atoms with E-state index in [2.05, 4.69) is 26.0 Å². The standard InChI is InChI=1S/C21H31NO3/c1-14(8-11-23)16-13-17-18(12-15(16)2)22(10-9-21(17,6)7)19(24)25-20(3,4)5/h8,12-13,23H,9-11H2,1-7H3/b14-8-. The van der Waals surface area contributed by atoms with Crippen molar-refractivity contribution in [2.24, 2.45) is 0 Å². The van der Waals surface area contributed by atoms with Crippen LogP contribution in [-0.4, -0.2) is 30.0 Å². The van der Waals surface area contributed by atoms with E-state index in [1.165, 1.54) is 0 Å². The Balaban J connectivity index is 2.54. The molecule has 0 radical (unpaired) electrons. The second kappa shape index (κ2) is 6.83. The van der Waals surface area contributed by atoms with Crippen LogP contribution >= 0.6 is 0 Å². The van der Waals surface area contributed by atoms with Gasteiger partial charge in [0, 0.05) is 6.54 Å². The summed E-state index contributed by atoms with van der Waals surface area (Å²) in [7, 11) is 0. The van der Waals surface area contributed by atoms with Crippen LogP contribution in [0.4, 0.5) is 10.5 Å². The lowest BCUT2D eigenvalue weighted by Gasteiger charge is -2.40. The van der Waals surface area contributed by atoms with Crippen molar-refractivity contribution in [3.63, 3.8) is 0 Å². The highest BCUT2D eigenvalue weighted by Crippen LogP contribution is 2.42. The zero-order chi connectivity index (χ0) is 19.0. The SMILES string of the molecule is C/C(=C/CO)c1cc2c(cc1C)N(C(=O)OC(C)(C)C)CCC2(C)C. The van der Waals surface area contributed by atoms with Crippen LogP contribution in [0.2, 0.25) is 0 Å². The fraction of sp³-hybridized carbons (Fsp3) is 0.571. The molecule has 2 rings (SSSR count). The van der Waals surface area contributed by atoms with Gasteiger partial charge in [0.25, 0.3) is 0 Å². The number of nitrogens with zero attached hydrogens (tertiary/aromatic N) is 1. The molecule has 1 amide bonds. The van der Waals surface area contributed by atoms with Crippen molar-refractivity contribution in [3.05, 3.63) is 34.9 Å². The third-order valence-corrected chi connectivity index (χ3v) is 4.76. The van der Waals surface area contributed by atoms with Gasteiger partial charge < -0.3 is 9.84 Å². The number of hydrogen-bond acceptors (Lipinski definition) is 3. The number of carbonyl (C=O) groups excluding carboxylic acids is 1. The van der Waals surface area contributed by atoms with Crippen molar-refractivity contribution in [2.75, 3.05) is 18.1 Å². The first-order valence-electron chi connectivity index (χ1n) is 8.90. The van der Waals surface area contributed by atoms with Gasteiger partial charge in [-0.15, -0.1) is 0 Å². The monoisotopic (exact) mass is 345 g/mol. The normalized spacial score (nSPS) is 17.3. The van der Waals surface area contributed by atoms with Gasteiger partial charge in [-0.05, 0) is 80.9 Å². The Labute approximate surface area is 151 Å². The average Bonchev–Trinajstić information content (AvgIpc) is 2.44. The summed E-state index contributed by atoms with van der Waals surface area (Å²) >= 11 is 0. The lowest BCUT2D eigenvalue weighted by atomic mass is 9.76. The van der Waals surface area contributed by atoms with Gasteiger partial charge in [0.05, 0.1) is 12.3 Å². The van der Waals surface area contributed by atoms with Crippen molar-refractivity contribution in [1.82, 2.24) is 0 Å². The second-order valence-corrected chi connectivity index (χ2v) is 8.52. The molecule has 25 heavy (non-hydrogen) atoms. The number of benzene rings is 1. The fourth-order valence-electron chi connectivity index (χ4n) is 3.28. The number of ether oxygens (including phenoxy) is 1. The maximum atomic E-state index is 12.7. The summed E-state index contributed by atoms with van der Waals surface area (Å²) in [4.78, 5) is 14.4. The molecule has 1 heterocycles. The van der Waals surface area contributed by atoms with Crippen LogP contribution in [0.25, 0.3) is 5.57 Å². The first-order chi connectivity index (χ1) is 11.5. The maximum Gasteiger partial charge on any atom is 0.414 e. The van der Waals surface area contributed by atoms with Gasteiger partial charge in [0.15, 0.2) is 0 Å². The van der Waals surface area contributed by atoms with Gasteiger partial charge in [-0.25, -0.2) is 4.79 Å². The molecule has 1 aromatic carbocycles. The summed E-state index contributed by atoms with van der Waals surface area (Å²) in [6.45, 7) is 14.8. The third-order valence-electron chi connectivity index (χ3n) is 4.76. The molecule has 4 heteroatoms. The molecule has 0 aromatic heterocycles. The minimum absolute atomic E-state index is 0.0181. The topological polar surface area (TPSA) is 49.8 Å². The minimum Gasteiger partial charge on any atom is -0.443 e. The van der Waals surface area contributed by atoms with Gasteiger partial charge in [-0.1, -0.05) is 19.9 Å². The highest BCUT2D eigenvalue weighted by molar-refractivity contribution is 5.91. The molecule has 1 aliphatic rings. The molecular weight excluding hydrogens is 314 g/mol. The Bertz CT molecular complexity index is 696. The van der Waals surface area contributed by atoms with Crippen molar-refractivity contribution < 1.29 is 14.6 Å². The van der Waals surface area contributed by atoms with Crippen molar-refractivity contribution >= 4 is 17.4 Å². The van der Waals surface area contributed by atoms with Gasteiger partial charge in [-0.3, -0.25) is 4.90 Å². The minimum atomic E-state index is -0.514. The maximum absolute atomic E-state index is 12.7. The van der Waals surface area contributed by atoms with Crippen molar-refractivity contribution in [1.29, 1.82) is 0 Å². The Hall–Kier alpha value is -1.81. The van der Waals surface area contributed by atoms with Crippen LogP contribution in [0, 0.1) is 6.92 Å². The van der Waals surface area contributed by atoms with Crippen LogP contribution in [0.5, 0.6) is 0 Å². The van der Waals surface area contributed by atoms with E-state index in [0.717, 1.165) is 34.4 Å². The number of fused-ring (bicyclic) bond motifs is 1. The molecule has 4 nitrogen and oxygen atoms in total. The molecule has 0 atom stereocenters. The molecule has 0 spiro atoms. The molecule has 0 unspecified atom stereocenters. The van der Waals surface area contributed by atoms with Gasteiger partial charge in [0.2, 0.25) is 0 Å². The molecule has 1 aliphatic heterocycles. The summed E-state index contributed by atoms with van der Waals surface area (Å²) in [6, 6.07) is 4.24. The number of amides is 1. The van der Waals surface area contributed by atoms with E-state index in [1.807, 2.05) is 40.7 Å². The molecule has 0 saturated carbocycles. The number of anilines is 1. The zero-order valence-electron chi connectivity index (χ0n) is 16.6. The van der Waals surface area contributed by atoms with Gasteiger partial charge >= 0.3 is 6.09 Å². The fourth-order valence-corrected chi connectivity index (χ4v) is 3.28. The Morgan fingerprint density at radius 1 is 1.36 bits per heavy atom. The number of allylic oxidation sites excluding steroid dienone is 1. The number of aliphatic hydroxyl groups excluding tert-OH is 1. The number of hydrogen-bond donors (Lipinski definition) is 1. The molecule has 1 aromatic rings. The summed E-state index contributed by atoms with van der Waals surface area (Å²) in [6.07, 6.45) is 2.40. The molecule has 0 aliphatic carbocycles. The van der Waals surface area contributed by atoms with Crippen LogP contribution in [0.3, 0.4) is 0 Å². The molecular formula is C21H31NO3. The molecule has 1 N–H and O–H groups in total. The third kappa shape index (κ3) is 4.24. The summed E-state index contributed by atoms with van der Waals surface area (Å²) in [5.41, 5.74) is 4.81. The number of aryl methyl sites for hydroxylation is 1. The van der Waals surface area contributed by atoms with E-state index >= 15 is 0 Å². The lowest BCUT2D eigenvalue weighted by Crippen LogP contribution is -2.43. The van der Waals surface area contributed by atoms with E-state index < -0.39 is 5.60 Å². The van der Waals surface area contributed by atoms with E-state index in [4.69, 9.17) is 4.74 Å². The number of rotatable bonds is 2. The predicted octanol–water partition coefficient (Wildman–Crippen LogP) is 4.81.